The quantitative estimate of drug-likeness (QED) is 0.940. The molecule has 0 saturated carbocycles. The molecule has 2 unspecified atom stereocenters. The van der Waals surface area contributed by atoms with Crippen LogP contribution >= 0.6 is 0 Å². The lowest BCUT2D eigenvalue weighted by Gasteiger charge is -2.25. The minimum Gasteiger partial charge on any atom is -0.339 e. The zero-order valence-corrected chi connectivity index (χ0v) is 13.0. The molecule has 2 aromatic rings. The summed E-state index contributed by atoms with van der Waals surface area (Å²) in [6.07, 6.45) is 2.13. The predicted molar refractivity (Wildman–Crippen MR) is 82.3 cm³/mol. The van der Waals surface area contributed by atoms with Gasteiger partial charge >= 0.3 is 0 Å². The molecule has 0 radical (unpaired) electrons. The van der Waals surface area contributed by atoms with Crippen LogP contribution in [-0.2, 0) is 5.41 Å². The van der Waals surface area contributed by atoms with Crippen LogP contribution in [0.1, 0.15) is 56.8 Å². The third-order valence-electron chi connectivity index (χ3n) is 4.47. The second-order valence-corrected chi connectivity index (χ2v) is 6.52. The molecule has 0 spiro atoms. The van der Waals surface area contributed by atoms with Crippen molar-refractivity contribution < 1.29 is 4.52 Å². The van der Waals surface area contributed by atoms with Gasteiger partial charge in [0.05, 0.1) is 5.41 Å². The van der Waals surface area contributed by atoms with Crippen LogP contribution in [-0.4, -0.2) is 22.7 Å². The zero-order chi connectivity index (χ0) is 14.9. The van der Waals surface area contributed by atoms with Crippen molar-refractivity contribution in [3.05, 3.63) is 47.6 Å². The molecule has 0 aliphatic carbocycles. The third kappa shape index (κ3) is 2.86. The molecule has 1 N–H and O–H groups in total. The van der Waals surface area contributed by atoms with Gasteiger partial charge in [-0.3, -0.25) is 0 Å². The Hall–Kier alpha value is -1.68. The fraction of sp³-hybridized carbons (Fsp3) is 0.529. The largest absolute Gasteiger partial charge is 0.339 e. The van der Waals surface area contributed by atoms with Gasteiger partial charge in [-0.25, -0.2) is 0 Å². The molecule has 1 aromatic carbocycles. The van der Waals surface area contributed by atoms with Crippen molar-refractivity contribution in [3.8, 4) is 0 Å². The summed E-state index contributed by atoms with van der Waals surface area (Å²) < 4.78 is 5.57. The first-order valence-electron chi connectivity index (χ1n) is 7.70. The van der Waals surface area contributed by atoms with E-state index in [9.17, 15) is 0 Å². The molecule has 2 atom stereocenters. The molecule has 2 heterocycles. The molecule has 4 nitrogen and oxygen atoms in total. The fourth-order valence-corrected chi connectivity index (χ4v) is 3.00. The summed E-state index contributed by atoms with van der Waals surface area (Å²) in [7, 11) is 0. The van der Waals surface area contributed by atoms with Crippen LogP contribution in [0.2, 0.25) is 0 Å². The van der Waals surface area contributed by atoms with Gasteiger partial charge in [-0.1, -0.05) is 35.5 Å². The average Bonchev–Trinajstić information content (AvgIpc) is 2.99. The van der Waals surface area contributed by atoms with Crippen LogP contribution in [0, 0.1) is 0 Å². The summed E-state index contributed by atoms with van der Waals surface area (Å²) in [5.41, 5.74) is 0.970. The van der Waals surface area contributed by atoms with Crippen LogP contribution in [0.3, 0.4) is 0 Å². The smallest absolute Gasteiger partial charge is 0.229 e. The molecule has 1 saturated heterocycles. The van der Waals surface area contributed by atoms with Gasteiger partial charge in [-0.05, 0) is 45.7 Å². The Morgan fingerprint density at radius 3 is 2.71 bits per heavy atom. The zero-order valence-electron chi connectivity index (χ0n) is 13.0. The molecule has 1 aromatic heterocycles. The Morgan fingerprint density at radius 2 is 2.00 bits per heavy atom. The van der Waals surface area contributed by atoms with Crippen molar-refractivity contribution in [1.29, 1.82) is 0 Å². The Balaban J connectivity index is 1.84. The van der Waals surface area contributed by atoms with Crippen LogP contribution in [0.4, 0.5) is 0 Å². The van der Waals surface area contributed by atoms with Crippen LogP contribution in [0.5, 0.6) is 0 Å². The minimum absolute atomic E-state index is 0.235. The Labute approximate surface area is 126 Å². The van der Waals surface area contributed by atoms with Gasteiger partial charge in [0.1, 0.15) is 0 Å². The molecule has 3 rings (SSSR count). The van der Waals surface area contributed by atoms with Crippen molar-refractivity contribution in [2.75, 3.05) is 6.54 Å². The van der Waals surface area contributed by atoms with E-state index in [2.05, 4.69) is 43.4 Å². The lowest BCUT2D eigenvalue weighted by molar-refractivity contribution is 0.293. The molecular formula is C17H23N3O. The van der Waals surface area contributed by atoms with E-state index in [4.69, 9.17) is 9.51 Å². The number of nitrogens with zero attached hydrogens (tertiary/aromatic N) is 2. The normalized spacial score (nSPS) is 23.2. The average molecular weight is 285 g/mol. The van der Waals surface area contributed by atoms with Crippen molar-refractivity contribution in [1.82, 2.24) is 15.5 Å². The lowest BCUT2D eigenvalue weighted by Crippen LogP contribution is -2.35. The van der Waals surface area contributed by atoms with E-state index in [0.717, 1.165) is 31.1 Å². The maximum atomic E-state index is 5.57. The highest BCUT2D eigenvalue weighted by molar-refractivity contribution is 5.30. The van der Waals surface area contributed by atoms with E-state index >= 15 is 0 Å². The van der Waals surface area contributed by atoms with Crippen molar-refractivity contribution in [3.63, 3.8) is 0 Å². The predicted octanol–water partition coefficient (Wildman–Crippen LogP) is 3.25. The summed E-state index contributed by atoms with van der Waals surface area (Å²) in [6, 6.07) is 10.9. The van der Waals surface area contributed by atoms with E-state index < -0.39 is 0 Å². The molecule has 0 bridgehead atoms. The fourth-order valence-electron chi connectivity index (χ4n) is 3.00. The van der Waals surface area contributed by atoms with Crippen molar-refractivity contribution >= 4 is 0 Å². The first kappa shape index (κ1) is 14.3. The molecule has 1 aliphatic heterocycles. The molecule has 4 heteroatoms. The molecule has 1 aliphatic rings. The lowest BCUT2D eigenvalue weighted by atomic mass is 9.84. The second-order valence-electron chi connectivity index (χ2n) is 6.52. The van der Waals surface area contributed by atoms with Gasteiger partial charge in [0.25, 0.3) is 0 Å². The topological polar surface area (TPSA) is 51.0 Å². The highest BCUT2D eigenvalue weighted by atomic mass is 16.5. The van der Waals surface area contributed by atoms with Crippen LogP contribution in [0.25, 0.3) is 0 Å². The first-order valence-corrected chi connectivity index (χ1v) is 7.70. The number of benzene rings is 1. The first-order chi connectivity index (χ1) is 10.1. The van der Waals surface area contributed by atoms with Crippen LogP contribution in [0.15, 0.2) is 34.9 Å². The number of hydrogen-bond donors (Lipinski definition) is 1. The molecule has 21 heavy (non-hydrogen) atoms. The highest BCUT2D eigenvalue weighted by Crippen LogP contribution is 2.32. The van der Waals surface area contributed by atoms with Gasteiger partial charge in [-0.2, -0.15) is 4.98 Å². The number of piperidine rings is 1. The summed E-state index contributed by atoms with van der Waals surface area (Å²) in [5.74, 6) is 1.95. The van der Waals surface area contributed by atoms with Gasteiger partial charge < -0.3 is 9.84 Å². The van der Waals surface area contributed by atoms with E-state index in [1.807, 2.05) is 18.2 Å². The maximum absolute atomic E-state index is 5.57. The summed E-state index contributed by atoms with van der Waals surface area (Å²) in [4.78, 5) is 4.71. The van der Waals surface area contributed by atoms with Gasteiger partial charge in [0, 0.05) is 12.0 Å². The number of hydrogen-bond acceptors (Lipinski definition) is 4. The van der Waals surface area contributed by atoms with Gasteiger partial charge in [0.15, 0.2) is 5.82 Å². The van der Waals surface area contributed by atoms with E-state index in [1.54, 1.807) is 0 Å². The third-order valence-corrected chi connectivity index (χ3v) is 4.47. The van der Waals surface area contributed by atoms with E-state index in [0.29, 0.717) is 12.0 Å². The van der Waals surface area contributed by atoms with E-state index in [-0.39, 0.29) is 5.41 Å². The number of rotatable bonds is 3. The second kappa shape index (κ2) is 5.60. The molecule has 1 fully saturated rings. The van der Waals surface area contributed by atoms with Crippen molar-refractivity contribution in [2.45, 2.75) is 51.0 Å². The molecule has 112 valence electrons. The van der Waals surface area contributed by atoms with Crippen LogP contribution < -0.4 is 5.32 Å². The molecular weight excluding hydrogens is 262 g/mol. The summed E-state index contributed by atoms with van der Waals surface area (Å²) in [6.45, 7) is 7.51. The van der Waals surface area contributed by atoms with E-state index in [1.165, 1.54) is 5.56 Å². The van der Waals surface area contributed by atoms with Gasteiger partial charge in [-0.15, -0.1) is 0 Å². The minimum atomic E-state index is -0.235. The molecule has 0 amide bonds. The Bertz CT molecular complexity index is 591. The summed E-state index contributed by atoms with van der Waals surface area (Å²) >= 11 is 0. The summed E-state index contributed by atoms with van der Waals surface area (Å²) in [5, 5.41) is 7.71. The Morgan fingerprint density at radius 1 is 1.24 bits per heavy atom. The Kier molecular flexibility index (Phi) is 3.81. The maximum Gasteiger partial charge on any atom is 0.229 e. The van der Waals surface area contributed by atoms with Crippen molar-refractivity contribution in [2.24, 2.45) is 0 Å². The number of nitrogens with one attached hydrogen (secondary N) is 1. The monoisotopic (exact) mass is 285 g/mol. The number of aromatic nitrogens is 2. The standard InChI is InChI=1S/C17H23N3O/c1-12-11-13(9-10-18-12)15-19-16(20-21-15)17(2,3)14-7-5-4-6-8-14/h4-8,12-13,18H,9-11H2,1-3H3. The SMILES string of the molecule is CC1CC(c2nc(C(C)(C)c3ccccc3)no2)CCN1. The highest BCUT2D eigenvalue weighted by Gasteiger charge is 2.31. The van der Waals surface area contributed by atoms with Gasteiger partial charge in [0.2, 0.25) is 5.89 Å².